The number of anilines is 1. The number of nitrogen functional groups attached to an aromatic ring is 1. The molecule has 0 atom stereocenters. The van der Waals surface area contributed by atoms with Crippen molar-refractivity contribution in [1.82, 2.24) is 0 Å². The zero-order valence-electron chi connectivity index (χ0n) is 17.6. The fourth-order valence-electron chi connectivity index (χ4n) is 4.97. The first-order valence-electron chi connectivity index (χ1n) is 11.2. The van der Waals surface area contributed by atoms with Crippen LogP contribution in [-0.2, 0) is 5.41 Å². The van der Waals surface area contributed by atoms with Crippen LogP contribution in [0.4, 0.5) is 5.69 Å². The molecule has 2 aromatic carbocycles. The van der Waals surface area contributed by atoms with E-state index in [1.54, 1.807) is 0 Å². The number of hydrogen-bond donors (Lipinski definition) is 1. The molecule has 0 aliphatic heterocycles. The van der Waals surface area contributed by atoms with Crippen molar-refractivity contribution in [1.29, 1.82) is 0 Å². The third-order valence-corrected chi connectivity index (χ3v) is 6.46. The third kappa shape index (κ3) is 4.01. The molecule has 0 saturated heterocycles. The minimum Gasteiger partial charge on any atom is -0.399 e. The number of fused-ring (bicyclic) bond motifs is 3. The average Bonchev–Trinajstić information content (AvgIpc) is 2.97. The largest absolute Gasteiger partial charge is 0.399 e. The molecule has 2 heteroatoms. The lowest BCUT2D eigenvalue weighted by atomic mass is 9.70. The second kappa shape index (κ2) is 9.41. The lowest BCUT2D eigenvalue weighted by molar-refractivity contribution is 0.112. The summed E-state index contributed by atoms with van der Waals surface area (Å²) >= 11 is 0. The van der Waals surface area contributed by atoms with Crippen LogP contribution in [-0.4, -0.2) is 6.29 Å². The van der Waals surface area contributed by atoms with Crippen LogP contribution >= 0.6 is 0 Å². The molecule has 150 valence electrons. The van der Waals surface area contributed by atoms with E-state index in [4.69, 9.17) is 5.73 Å². The molecule has 0 amide bonds. The summed E-state index contributed by atoms with van der Waals surface area (Å²) < 4.78 is 0. The molecule has 2 nitrogen and oxygen atoms in total. The highest BCUT2D eigenvalue weighted by atomic mass is 16.1. The summed E-state index contributed by atoms with van der Waals surface area (Å²) in [5.41, 5.74) is 13.2. The molecule has 0 spiro atoms. The Balaban J connectivity index is 2.06. The molecule has 2 aromatic rings. The molecule has 3 rings (SSSR count). The van der Waals surface area contributed by atoms with Gasteiger partial charge in [-0.15, -0.1) is 0 Å². The van der Waals surface area contributed by atoms with Crippen molar-refractivity contribution in [2.75, 3.05) is 5.73 Å². The highest BCUT2D eigenvalue weighted by molar-refractivity contribution is 5.86. The molecule has 0 saturated carbocycles. The minimum atomic E-state index is 0.000545. The second-order valence-electron chi connectivity index (χ2n) is 8.43. The topological polar surface area (TPSA) is 43.1 Å². The Bertz CT molecular complexity index is 796. The normalized spacial score (nSPS) is 13.9. The first kappa shape index (κ1) is 20.6. The predicted molar refractivity (Wildman–Crippen MR) is 120 cm³/mol. The predicted octanol–water partition coefficient (Wildman–Crippen LogP) is 7.29. The summed E-state index contributed by atoms with van der Waals surface area (Å²) in [7, 11) is 0. The number of hydrogen-bond acceptors (Lipinski definition) is 2. The summed E-state index contributed by atoms with van der Waals surface area (Å²) in [5, 5.41) is 0. The maximum atomic E-state index is 11.5. The standard InChI is InChI=1S/C26H35NO/c1-3-5-7-9-15-26(16-10-8-6-4-2)24-17-20(19-28)11-13-22(24)23-14-12-21(27)18-25(23)26/h11-14,17-19H,3-10,15-16,27H2,1-2H3. The molecular weight excluding hydrogens is 342 g/mol. The van der Waals surface area contributed by atoms with Gasteiger partial charge in [-0.05, 0) is 53.3 Å². The number of aldehydes is 1. The first-order valence-corrected chi connectivity index (χ1v) is 11.2. The van der Waals surface area contributed by atoms with Crippen molar-refractivity contribution in [3.8, 4) is 11.1 Å². The molecule has 0 radical (unpaired) electrons. The molecule has 0 fully saturated rings. The van der Waals surface area contributed by atoms with E-state index >= 15 is 0 Å². The Morgan fingerprint density at radius 1 is 0.786 bits per heavy atom. The van der Waals surface area contributed by atoms with E-state index in [1.807, 2.05) is 12.1 Å². The van der Waals surface area contributed by atoms with Gasteiger partial charge in [-0.3, -0.25) is 4.79 Å². The second-order valence-corrected chi connectivity index (χ2v) is 8.43. The Hall–Kier alpha value is -2.09. The molecular formula is C26H35NO. The van der Waals surface area contributed by atoms with Crippen molar-refractivity contribution >= 4 is 12.0 Å². The van der Waals surface area contributed by atoms with Crippen LogP contribution in [0.15, 0.2) is 36.4 Å². The van der Waals surface area contributed by atoms with Gasteiger partial charge in [0, 0.05) is 16.7 Å². The zero-order chi connectivity index (χ0) is 20.0. The SMILES string of the molecule is CCCCCCC1(CCCCCC)c2cc(N)ccc2-c2ccc(C=O)cc21. The lowest BCUT2D eigenvalue weighted by Crippen LogP contribution is -2.26. The molecule has 0 heterocycles. The van der Waals surface area contributed by atoms with Crippen LogP contribution in [0.1, 0.15) is 99.5 Å². The quantitative estimate of drug-likeness (QED) is 0.254. The minimum absolute atomic E-state index is 0.000545. The van der Waals surface area contributed by atoms with E-state index in [2.05, 4.69) is 38.1 Å². The van der Waals surface area contributed by atoms with Crippen molar-refractivity contribution in [3.05, 3.63) is 53.1 Å². The fraction of sp³-hybridized carbons (Fsp3) is 0.500. The smallest absolute Gasteiger partial charge is 0.150 e. The number of unbranched alkanes of at least 4 members (excludes halogenated alkanes) is 6. The number of nitrogens with two attached hydrogens (primary N) is 1. The van der Waals surface area contributed by atoms with Crippen molar-refractivity contribution in [2.45, 2.75) is 83.5 Å². The van der Waals surface area contributed by atoms with E-state index < -0.39 is 0 Å². The number of rotatable bonds is 11. The highest BCUT2D eigenvalue weighted by Crippen LogP contribution is 2.54. The van der Waals surface area contributed by atoms with E-state index in [0.717, 1.165) is 30.4 Å². The summed E-state index contributed by atoms with van der Waals surface area (Å²) in [4.78, 5) is 11.5. The van der Waals surface area contributed by atoms with E-state index in [0.29, 0.717) is 0 Å². The van der Waals surface area contributed by atoms with E-state index in [9.17, 15) is 4.79 Å². The Labute approximate surface area is 170 Å². The highest BCUT2D eigenvalue weighted by Gasteiger charge is 2.42. The number of carbonyl (C=O) groups excluding carboxylic acids is 1. The zero-order valence-corrected chi connectivity index (χ0v) is 17.6. The fourth-order valence-corrected chi connectivity index (χ4v) is 4.97. The van der Waals surface area contributed by atoms with Crippen LogP contribution < -0.4 is 5.73 Å². The first-order chi connectivity index (χ1) is 13.7. The van der Waals surface area contributed by atoms with Gasteiger partial charge in [0.05, 0.1) is 0 Å². The van der Waals surface area contributed by atoms with Gasteiger partial charge in [0.15, 0.2) is 0 Å². The van der Waals surface area contributed by atoms with E-state index in [-0.39, 0.29) is 5.41 Å². The Kier molecular flexibility index (Phi) is 6.93. The molecule has 0 aromatic heterocycles. The van der Waals surface area contributed by atoms with Crippen molar-refractivity contribution in [3.63, 3.8) is 0 Å². The summed E-state index contributed by atoms with van der Waals surface area (Å²) in [6, 6.07) is 12.7. The maximum Gasteiger partial charge on any atom is 0.150 e. The molecule has 0 bridgehead atoms. The van der Waals surface area contributed by atoms with Crippen LogP contribution in [0.2, 0.25) is 0 Å². The Morgan fingerprint density at radius 2 is 1.36 bits per heavy atom. The van der Waals surface area contributed by atoms with E-state index in [1.165, 1.54) is 73.6 Å². The molecule has 2 N–H and O–H groups in total. The van der Waals surface area contributed by atoms with Gasteiger partial charge in [-0.1, -0.05) is 83.4 Å². The van der Waals surface area contributed by atoms with Crippen LogP contribution in [0, 0.1) is 0 Å². The van der Waals surface area contributed by atoms with Crippen molar-refractivity contribution < 1.29 is 4.79 Å². The van der Waals surface area contributed by atoms with Crippen molar-refractivity contribution in [2.24, 2.45) is 0 Å². The molecule has 0 unspecified atom stereocenters. The summed E-state index contributed by atoms with van der Waals surface area (Å²) in [6.45, 7) is 4.52. The van der Waals surface area contributed by atoms with Crippen LogP contribution in [0.25, 0.3) is 11.1 Å². The average molecular weight is 378 g/mol. The van der Waals surface area contributed by atoms with Gasteiger partial charge in [0.2, 0.25) is 0 Å². The molecule has 1 aliphatic rings. The lowest BCUT2D eigenvalue weighted by Gasteiger charge is -2.33. The van der Waals surface area contributed by atoms with Gasteiger partial charge in [-0.25, -0.2) is 0 Å². The van der Waals surface area contributed by atoms with Gasteiger partial charge < -0.3 is 5.73 Å². The van der Waals surface area contributed by atoms with Crippen LogP contribution in [0.5, 0.6) is 0 Å². The summed E-state index contributed by atoms with van der Waals surface area (Å²) in [5.74, 6) is 0. The molecule has 28 heavy (non-hydrogen) atoms. The maximum absolute atomic E-state index is 11.5. The van der Waals surface area contributed by atoms with Gasteiger partial charge in [-0.2, -0.15) is 0 Å². The van der Waals surface area contributed by atoms with Gasteiger partial charge in [0.1, 0.15) is 6.29 Å². The monoisotopic (exact) mass is 377 g/mol. The summed E-state index contributed by atoms with van der Waals surface area (Å²) in [6.07, 6.45) is 13.3. The Morgan fingerprint density at radius 3 is 1.93 bits per heavy atom. The number of carbonyl (C=O) groups is 1. The third-order valence-electron chi connectivity index (χ3n) is 6.46. The van der Waals surface area contributed by atoms with Crippen LogP contribution in [0.3, 0.4) is 0 Å². The number of benzene rings is 2. The van der Waals surface area contributed by atoms with Gasteiger partial charge in [0.25, 0.3) is 0 Å². The molecule has 1 aliphatic carbocycles. The van der Waals surface area contributed by atoms with Gasteiger partial charge >= 0.3 is 0 Å².